The molecule has 4 fully saturated rings. The molecule has 0 heterocycles. The van der Waals surface area contributed by atoms with Crippen LogP contribution in [0.3, 0.4) is 0 Å². The van der Waals surface area contributed by atoms with Crippen molar-refractivity contribution in [2.75, 3.05) is 6.54 Å². The lowest BCUT2D eigenvalue weighted by atomic mass is 9.44. The summed E-state index contributed by atoms with van der Waals surface area (Å²) in [6, 6.07) is 0.432. The van der Waals surface area contributed by atoms with Crippen LogP contribution in [0, 0.1) is 46.3 Å². The van der Waals surface area contributed by atoms with Gasteiger partial charge in [-0.3, -0.25) is 0 Å². The van der Waals surface area contributed by atoms with E-state index in [0.29, 0.717) is 22.8 Å². The lowest BCUT2D eigenvalue weighted by Crippen LogP contribution is -2.54. The molecule has 2 nitrogen and oxygen atoms in total. The highest BCUT2D eigenvalue weighted by Crippen LogP contribution is 2.67. The molecule has 0 radical (unpaired) electrons. The number of aliphatic hydroxyl groups is 1. The minimum atomic E-state index is -0.104. The van der Waals surface area contributed by atoms with Crippen LogP contribution < -0.4 is 5.32 Å². The molecule has 28 heavy (non-hydrogen) atoms. The molecule has 4 aliphatic carbocycles. The van der Waals surface area contributed by atoms with E-state index in [2.05, 4.69) is 39.9 Å². The van der Waals surface area contributed by atoms with E-state index >= 15 is 0 Å². The first-order valence-corrected chi connectivity index (χ1v) is 12.7. The van der Waals surface area contributed by atoms with Crippen LogP contribution in [-0.4, -0.2) is 23.8 Å². The molecule has 2 unspecified atom stereocenters. The topological polar surface area (TPSA) is 32.3 Å². The summed E-state index contributed by atoms with van der Waals surface area (Å²) in [6.45, 7) is 13.3. The van der Waals surface area contributed by atoms with Crippen LogP contribution in [0.1, 0.15) is 98.8 Å². The van der Waals surface area contributed by atoms with Crippen LogP contribution in [0.2, 0.25) is 0 Å². The van der Waals surface area contributed by atoms with Crippen molar-refractivity contribution in [2.24, 2.45) is 46.3 Å². The zero-order valence-electron chi connectivity index (χ0n) is 19.3. The molecule has 162 valence electrons. The Balaban J connectivity index is 1.51. The summed E-state index contributed by atoms with van der Waals surface area (Å²) in [5, 5.41) is 15.0. The van der Waals surface area contributed by atoms with Gasteiger partial charge in [-0.05, 0) is 105 Å². The Labute approximate surface area is 174 Å². The van der Waals surface area contributed by atoms with Gasteiger partial charge >= 0.3 is 0 Å². The molecule has 0 aliphatic heterocycles. The molecule has 9 atom stereocenters. The molecule has 4 saturated carbocycles. The molecule has 0 saturated heterocycles. The average Bonchev–Trinajstić information content (AvgIpc) is 2.91. The van der Waals surface area contributed by atoms with Crippen LogP contribution in [0.5, 0.6) is 0 Å². The second kappa shape index (κ2) is 7.88. The third-order valence-corrected chi connectivity index (χ3v) is 10.4. The Morgan fingerprint density at radius 2 is 1.71 bits per heavy atom. The van der Waals surface area contributed by atoms with Gasteiger partial charge in [0.1, 0.15) is 0 Å². The zero-order chi connectivity index (χ0) is 20.1. The highest BCUT2D eigenvalue weighted by Gasteiger charge is 2.62. The van der Waals surface area contributed by atoms with Crippen molar-refractivity contribution in [3.05, 3.63) is 0 Å². The normalized spacial score (nSPS) is 49.4. The van der Waals surface area contributed by atoms with E-state index < -0.39 is 0 Å². The summed E-state index contributed by atoms with van der Waals surface area (Å²) in [5.41, 5.74) is 0.940. The number of rotatable bonds is 5. The van der Waals surface area contributed by atoms with Crippen molar-refractivity contribution in [3.8, 4) is 0 Å². The highest BCUT2D eigenvalue weighted by molar-refractivity contribution is 5.12. The van der Waals surface area contributed by atoms with Crippen molar-refractivity contribution in [1.29, 1.82) is 0 Å². The highest BCUT2D eigenvalue weighted by atomic mass is 16.3. The second-order valence-corrected chi connectivity index (χ2v) is 12.2. The first-order chi connectivity index (χ1) is 13.3. The van der Waals surface area contributed by atoms with Gasteiger partial charge in [0.15, 0.2) is 0 Å². The van der Waals surface area contributed by atoms with Crippen LogP contribution in [-0.2, 0) is 0 Å². The van der Waals surface area contributed by atoms with Gasteiger partial charge in [0.2, 0.25) is 0 Å². The number of hydrogen-bond acceptors (Lipinski definition) is 2. The van der Waals surface area contributed by atoms with Crippen LogP contribution in [0.4, 0.5) is 0 Å². The predicted octanol–water partition coefficient (Wildman–Crippen LogP) is 6.03. The van der Waals surface area contributed by atoms with Gasteiger partial charge in [-0.25, -0.2) is 0 Å². The average molecular weight is 390 g/mol. The molecule has 4 rings (SSSR count). The number of nitrogens with one attached hydrogen (secondary N) is 1. The quantitative estimate of drug-likeness (QED) is 0.601. The number of fused-ring (bicyclic) bond motifs is 5. The Morgan fingerprint density at radius 1 is 0.929 bits per heavy atom. The molecule has 2 N–H and O–H groups in total. The smallest absolute Gasteiger partial charge is 0.0591 e. The van der Waals surface area contributed by atoms with Crippen molar-refractivity contribution in [2.45, 2.75) is 111 Å². The summed E-state index contributed by atoms with van der Waals surface area (Å²) < 4.78 is 0. The van der Waals surface area contributed by atoms with Crippen LogP contribution in [0.25, 0.3) is 0 Å². The zero-order valence-corrected chi connectivity index (χ0v) is 19.3. The van der Waals surface area contributed by atoms with Crippen LogP contribution >= 0.6 is 0 Å². The molecule has 0 aromatic heterocycles. The Bertz CT molecular complexity index is 547. The van der Waals surface area contributed by atoms with Gasteiger partial charge in [-0.1, -0.05) is 40.5 Å². The Morgan fingerprint density at radius 3 is 2.46 bits per heavy atom. The van der Waals surface area contributed by atoms with E-state index in [1.165, 1.54) is 57.8 Å². The third-order valence-electron chi connectivity index (χ3n) is 10.4. The molecule has 0 bridgehead atoms. The van der Waals surface area contributed by atoms with Gasteiger partial charge in [-0.15, -0.1) is 0 Å². The molecule has 0 aromatic rings. The number of aliphatic hydroxyl groups excluding tert-OH is 1. The molecule has 0 spiro atoms. The van der Waals surface area contributed by atoms with E-state index in [9.17, 15) is 5.11 Å². The molecular weight excluding hydrogens is 342 g/mol. The molecular formula is C26H47NO. The summed E-state index contributed by atoms with van der Waals surface area (Å²) in [6.07, 6.45) is 13.8. The SMILES string of the molecule is CC(C)CCN[C@@H](C)[C@H]1C(O)C[C@H]2[C@@H]3CCC4CCCC[C@]4(C)[C@H]3CC[C@]12C. The summed E-state index contributed by atoms with van der Waals surface area (Å²) in [5.74, 6) is 4.73. The molecule has 0 amide bonds. The van der Waals surface area contributed by atoms with E-state index in [-0.39, 0.29) is 6.10 Å². The fraction of sp³-hybridized carbons (Fsp3) is 1.00. The van der Waals surface area contributed by atoms with E-state index in [1.807, 2.05) is 0 Å². The fourth-order valence-electron chi connectivity index (χ4n) is 8.98. The monoisotopic (exact) mass is 389 g/mol. The lowest BCUT2D eigenvalue weighted by molar-refractivity contribution is -0.113. The number of hydrogen-bond donors (Lipinski definition) is 2. The molecule has 2 heteroatoms. The van der Waals surface area contributed by atoms with Crippen molar-refractivity contribution < 1.29 is 5.11 Å². The second-order valence-electron chi connectivity index (χ2n) is 12.2. The van der Waals surface area contributed by atoms with E-state index in [1.54, 1.807) is 0 Å². The van der Waals surface area contributed by atoms with Gasteiger partial charge in [0.25, 0.3) is 0 Å². The fourth-order valence-corrected chi connectivity index (χ4v) is 8.98. The van der Waals surface area contributed by atoms with Crippen molar-refractivity contribution in [3.63, 3.8) is 0 Å². The van der Waals surface area contributed by atoms with Gasteiger partial charge in [0, 0.05) is 12.0 Å². The van der Waals surface area contributed by atoms with Gasteiger partial charge < -0.3 is 10.4 Å². The summed E-state index contributed by atoms with van der Waals surface area (Å²) in [4.78, 5) is 0. The maximum Gasteiger partial charge on any atom is 0.0591 e. The Hall–Kier alpha value is -0.0800. The first-order valence-electron chi connectivity index (χ1n) is 12.7. The van der Waals surface area contributed by atoms with Gasteiger partial charge in [0.05, 0.1) is 6.10 Å². The summed E-state index contributed by atoms with van der Waals surface area (Å²) >= 11 is 0. The summed E-state index contributed by atoms with van der Waals surface area (Å²) in [7, 11) is 0. The van der Waals surface area contributed by atoms with Crippen molar-refractivity contribution >= 4 is 0 Å². The standard InChI is InChI=1S/C26H47NO/c1-17(2)12-15-27-18(3)24-23(28)16-22-20-10-9-19-8-6-7-13-25(19,4)21(20)11-14-26(22,24)5/h17-24,27-28H,6-16H2,1-5H3/t18-,19?,20+,21-,22-,23?,24-,25-,26-/m0/s1. The largest absolute Gasteiger partial charge is 0.393 e. The third kappa shape index (κ3) is 3.39. The van der Waals surface area contributed by atoms with E-state index in [4.69, 9.17) is 0 Å². The maximum atomic E-state index is 11.2. The van der Waals surface area contributed by atoms with Crippen LogP contribution in [0.15, 0.2) is 0 Å². The Kier molecular flexibility index (Phi) is 5.95. The predicted molar refractivity (Wildman–Crippen MR) is 118 cm³/mol. The van der Waals surface area contributed by atoms with Gasteiger partial charge in [-0.2, -0.15) is 0 Å². The minimum absolute atomic E-state index is 0.104. The first kappa shape index (κ1) is 21.2. The maximum absolute atomic E-state index is 11.2. The van der Waals surface area contributed by atoms with Crippen molar-refractivity contribution in [1.82, 2.24) is 5.32 Å². The molecule has 0 aromatic carbocycles. The van der Waals surface area contributed by atoms with E-state index in [0.717, 1.165) is 42.6 Å². The minimum Gasteiger partial charge on any atom is -0.393 e. The molecule has 4 aliphatic rings. The lowest BCUT2D eigenvalue weighted by Gasteiger charge is -2.60.